The van der Waals surface area contributed by atoms with Crippen LogP contribution in [0, 0.1) is 0 Å². The number of fused-ring (bicyclic) bond motifs is 1. The molecule has 27 heavy (non-hydrogen) atoms. The summed E-state index contributed by atoms with van der Waals surface area (Å²) in [5, 5.41) is 9.54. The molecular formula is C20H34N4OS2. The van der Waals surface area contributed by atoms with Crippen molar-refractivity contribution in [3.8, 4) is 0 Å². The molecule has 1 saturated carbocycles. The lowest BCUT2D eigenvalue weighted by atomic mass is 9.95. The number of nitrogens with zero attached hydrogens (tertiary/aromatic N) is 2. The minimum atomic E-state index is -0.682. The minimum Gasteiger partial charge on any atom is -0.357 e. The lowest BCUT2D eigenvalue weighted by molar-refractivity contribution is 0.263. The Hall–Kier alpha value is -0.920. The Bertz CT molecular complexity index is 646. The first-order valence-corrected chi connectivity index (χ1v) is 12.6. The number of rotatable bonds is 7. The fourth-order valence-corrected chi connectivity index (χ4v) is 6.30. The highest BCUT2D eigenvalue weighted by atomic mass is 32.2. The van der Waals surface area contributed by atoms with Crippen molar-refractivity contribution in [2.24, 2.45) is 4.99 Å². The van der Waals surface area contributed by atoms with Gasteiger partial charge < -0.3 is 10.6 Å². The summed E-state index contributed by atoms with van der Waals surface area (Å²) in [7, 11) is -0.682. The first-order valence-electron chi connectivity index (χ1n) is 10.4. The fraction of sp³-hybridized carbons (Fsp3) is 0.750. The lowest BCUT2D eigenvalue weighted by Gasteiger charge is -2.30. The second-order valence-corrected chi connectivity index (χ2v) is 10.5. The maximum Gasteiger partial charge on any atom is 0.191 e. The predicted octanol–water partition coefficient (Wildman–Crippen LogP) is 2.74. The summed E-state index contributed by atoms with van der Waals surface area (Å²) in [6.45, 7) is 9.01. The number of thiophene rings is 1. The van der Waals surface area contributed by atoms with E-state index in [4.69, 9.17) is 4.99 Å². The number of hydrogen-bond donors (Lipinski definition) is 2. The third-order valence-electron chi connectivity index (χ3n) is 5.54. The molecular weight excluding hydrogens is 376 g/mol. The molecule has 152 valence electrons. The van der Waals surface area contributed by atoms with Gasteiger partial charge in [0.2, 0.25) is 0 Å². The standard InChI is InChI=1S/C20H34N4OS2/c1-3-21-20(23-17-6-5-7-18(14-17)27(25)4-2)22-10-12-24-11-8-19-16(15-24)9-13-26-19/h9,13,17-18H,3-8,10-12,14-15H2,1-2H3,(H2,21,22,23). The predicted molar refractivity (Wildman–Crippen MR) is 117 cm³/mol. The molecule has 0 aromatic carbocycles. The fourth-order valence-electron chi connectivity index (χ4n) is 4.06. The van der Waals surface area contributed by atoms with E-state index in [0.29, 0.717) is 11.3 Å². The Kier molecular flexibility index (Phi) is 8.15. The van der Waals surface area contributed by atoms with Gasteiger partial charge in [0.05, 0.1) is 6.54 Å². The second-order valence-electron chi connectivity index (χ2n) is 7.46. The molecule has 5 nitrogen and oxygen atoms in total. The number of nitrogens with one attached hydrogen (secondary N) is 2. The summed E-state index contributed by atoms with van der Waals surface area (Å²) in [4.78, 5) is 8.87. The maximum atomic E-state index is 12.2. The Morgan fingerprint density at radius 1 is 1.41 bits per heavy atom. The Labute approximate surface area is 170 Å². The van der Waals surface area contributed by atoms with Gasteiger partial charge in [-0.2, -0.15) is 0 Å². The average Bonchev–Trinajstić information content (AvgIpc) is 3.15. The largest absolute Gasteiger partial charge is 0.357 e. The quantitative estimate of drug-likeness (QED) is 0.536. The Morgan fingerprint density at radius 2 is 2.30 bits per heavy atom. The van der Waals surface area contributed by atoms with Gasteiger partial charge in [0.1, 0.15) is 0 Å². The van der Waals surface area contributed by atoms with Crippen LogP contribution in [0.2, 0.25) is 0 Å². The zero-order valence-corrected chi connectivity index (χ0v) is 18.3. The molecule has 0 amide bonds. The molecule has 3 atom stereocenters. The van der Waals surface area contributed by atoms with Crippen LogP contribution in [0.4, 0.5) is 0 Å². The highest BCUT2D eigenvalue weighted by Crippen LogP contribution is 2.24. The molecule has 1 aromatic heterocycles. The van der Waals surface area contributed by atoms with Gasteiger partial charge in [-0.25, -0.2) is 0 Å². The maximum absolute atomic E-state index is 12.2. The zero-order valence-electron chi connectivity index (χ0n) is 16.7. The van der Waals surface area contributed by atoms with Crippen molar-refractivity contribution in [2.45, 2.75) is 63.8 Å². The van der Waals surface area contributed by atoms with E-state index in [0.717, 1.165) is 70.1 Å². The number of hydrogen-bond acceptors (Lipinski definition) is 4. The van der Waals surface area contributed by atoms with Crippen LogP contribution in [0.3, 0.4) is 0 Å². The van der Waals surface area contributed by atoms with Crippen LogP contribution in [0.1, 0.15) is 50.0 Å². The van der Waals surface area contributed by atoms with E-state index in [1.807, 2.05) is 18.3 Å². The Morgan fingerprint density at radius 3 is 3.11 bits per heavy atom. The summed E-state index contributed by atoms with van der Waals surface area (Å²) in [5.41, 5.74) is 1.50. The van der Waals surface area contributed by atoms with Crippen molar-refractivity contribution < 1.29 is 4.21 Å². The van der Waals surface area contributed by atoms with Crippen LogP contribution in [0.25, 0.3) is 0 Å². The molecule has 1 aliphatic heterocycles. The summed E-state index contributed by atoms with van der Waals surface area (Å²) < 4.78 is 12.2. The van der Waals surface area contributed by atoms with Gasteiger partial charge in [-0.15, -0.1) is 11.3 Å². The first kappa shape index (κ1) is 20.8. The van der Waals surface area contributed by atoms with Gasteiger partial charge in [0, 0.05) is 58.9 Å². The second kappa shape index (κ2) is 10.6. The number of aliphatic imine (C=N–C) groups is 1. The van der Waals surface area contributed by atoms with Crippen LogP contribution in [-0.2, 0) is 23.8 Å². The van der Waals surface area contributed by atoms with Crippen molar-refractivity contribution in [2.75, 3.05) is 31.9 Å². The molecule has 1 fully saturated rings. The molecule has 2 heterocycles. The molecule has 0 radical (unpaired) electrons. The molecule has 3 unspecified atom stereocenters. The van der Waals surface area contributed by atoms with E-state index in [-0.39, 0.29) is 0 Å². The highest BCUT2D eigenvalue weighted by Gasteiger charge is 2.26. The SMILES string of the molecule is CCNC(=NCCN1CCc2sccc2C1)NC1CCCC(S(=O)CC)C1. The normalized spacial score (nSPS) is 25.0. The van der Waals surface area contributed by atoms with E-state index in [2.05, 4.69) is 33.9 Å². The van der Waals surface area contributed by atoms with Crippen molar-refractivity contribution in [1.82, 2.24) is 15.5 Å². The van der Waals surface area contributed by atoms with Gasteiger partial charge >= 0.3 is 0 Å². The molecule has 0 saturated heterocycles. The van der Waals surface area contributed by atoms with Crippen LogP contribution < -0.4 is 10.6 Å². The third kappa shape index (κ3) is 6.03. The van der Waals surface area contributed by atoms with Crippen molar-refractivity contribution >= 4 is 28.1 Å². The molecule has 2 N–H and O–H groups in total. The molecule has 7 heteroatoms. The van der Waals surface area contributed by atoms with Crippen molar-refractivity contribution in [1.29, 1.82) is 0 Å². The summed E-state index contributed by atoms with van der Waals surface area (Å²) in [6, 6.07) is 2.65. The van der Waals surface area contributed by atoms with Crippen LogP contribution in [0.5, 0.6) is 0 Å². The van der Waals surface area contributed by atoms with Crippen molar-refractivity contribution in [3.63, 3.8) is 0 Å². The minimum absolute atomic E-state index is 0.345. The molecule has 1 aromatic rings. The van der Waals surface area contributed by atoms with Gasteiger partial charge in [0.25, 0.3) is 0 Å². The van der Waals surface area contributed by atoms with Gasteiger partial charge in [-0.1, -0.05) is 13.3 Å². The molecule has 2 aliphatic rings. The van der Waals surface area contributed by atoms with E-state index in [1.54, 1.807) is 4.88 Å². The van der Waals surface area contributed by atoms with E-state index < -0.39 is 10.8 Å². The van der Waals surface area contributed by atoms with Gasteiger partial charge in [-0.3, -0.25) is 14.1 Å². The molecule has 3 rings (SSSR count). The third-order valence-corrected chi connectivity index (χ3v) is 8.30. The van der Waals surface area contributed by atoms with E-state index >= 15 is 0 Å². The zero-order chi connectivity index (χ0) is 19.1. The monoisotopic (exact) mass is 410 g/mol. The van der Waals surface area contributed by atoms with Crippen molar-refractivity contribution in [3.05, 3.63) is 21.9 Å². The van der Waals surface area contributed by atoms with E-state index in [1.165, 1.54) is 12.0 Å². The van der Waals surface area contributed by atoms with Gasteiger partial charge in [0.15, 0.2) is 5.96 Å². The topological polar surface area (TPSA) is 56.7 Å². The smallest absolute Gasteiger partial charge is 0.191 e. The highest BCUT2D eigenvalue weighted by molar-refractivity contribution is 7.85. The average molecular weight is 411 g/mol. The van der Waals surface area contributed by atoms with Crippen LogP contribution >= 0.6 is 11.3 Å². The van der Waals surface area contributed by atoms with Crippen LogP contribution in [-0.4, -0.2) is 58.3 Å². The Balaban J connectivity index is 1.48. The molecule has 1 aliphatic carbocycles. The number of guanidine groups is 1. The molecule has 0 bridgehead atoms. The summed E-state index contributed by atoms with van der Waals surface area (Å²) in [5.74, 6) is 1.69. The lowest BCUT2D eigenvalue weighted by Crippen LogP contribution is -2.47. The molecule has 0 spiro atoms. The first-order chi connectivity index (χ1) is 13.2. The summed E-state index contributed by atoms with van der Waals surface area (Å²) in [6.07, 6.45) is 5.58. The van der Waals surface area contributed by atoms with Crippen LogP contribution in [0.15, 0.2) is 16.4 Å². The van der Waals surface area contributed by atoms with E-state index in [9.17, 15) is 4.21 Å². The summed E-state index contributed by atoms with van der Waals surface area (Å²) >= 11 is 1.89. The van der Waals surface area contributed by atoms with Gasteiger partial charge in [-0.05, 0) is 49.6 Å².